The number of aryl methyl sites for hydroxylation is 2. The summed E-state index contributed by atoms with van der Waals surface area (Å²) in [5, 5.41) is 9.41. The fourth-order valence-electron chi connectivity index (χ4n) is 1.70. The fraction of sp³-hybridized carbons (Fsp3) is 0.154. The molecule has 1 heterocycles. The van der Waals surface area contributed by atoms with E-state index in [4.69, 9.17) is 0 Å². The number of benzene rings is 1. The van der Waals surface area contributed by atoms with E-state index in [9.17, 15) is 5.11 Å². The Morgan fingerprint density at radius 2 is 1.94 bits per heavy atom. The molecule has 0 atom stereocenters. The van der Waals surface area contributed by atoms with Gasteiger partial charge in [-0.3, -0.25) is 4.99 Å². The minimum Gasteiger partial charge on any atom is -0.508 e. The first-order valence-corrected chi connectivity index (χ1v) is 5.14. The molecule has 16 heavy (non-hydrogen) atoms. The van der Waals surface area contributed by atoms with Crippen LogP contribution in [0.2, 0.25) is 0 Å². The number of aromatic hydroxyl groups is 1. The topological polar surface area (TPSA) is 48.4 Å². The van der Waals surface area contributed by atoms with Crippen LogP contribution in [-0.4, -0.2) is 16.3 Å². The number of aromatic nitrogens is 1. The number of hydrogen-bond acceptors (Lipinski definition) is 2. The summed E-state index contributed by atoms with van der Waals surface area (Å²) in [5.74, 6) is 0.286. The van der Waals surface area contributed by atoms with Crippen LogP contribution in [0.4, 0.5) is 5.69 Å². The molecular weight excluding hydrogens is 200 g/mol. The van der Waals surface area contributed by atoms with Crippen molar-refractivity contribution in [1.29, 1.82) is 0 Å². The van der Waals surface area contributed by atoms with E-state index in [2.05, 4.69) is 9.98 Å². The maximum absolute atomic E-state index is 9.41. The Hall–Kier alpha value is -2.03. The molecule has 0 amide bonds. The Balaban J connectivity index is 2.35. The summed E-state index contributed by atoms with van der Waals surface area (Å²) in [6.45, 7) is 3.88. The lowest BCUT2D eigenvalue weighted by atomic mass is 10.1. The van der Waals surface area contributed by atoms with Crippen LogP contribution in [0.5, 0.6) is 5.75 Å². The molecule has 0 fully saturated rings. The largest absolute Gasteiger partial charge is 0.508 e. The number of H-pyrrole nitrogens is 1. The van der Waals surface area contributed by atoms with Crippen molar-refractivity contribution in [2.24, 2.45) is 4.99 Å². The zero-order chi connectivity index (χ0) is 11.5. The van der Waals surface area contributed by atoms with Crippen molar-refractivity contribution in [3.8, 4) is 5.75 Å². The van der Waals surface area contributed by atoms with Crippen molar-refractivity contribution in [1.82, 2.24) is 4.98 Å². The molecule has 0 saturated carbocycles. The van der Waals surface area contributed by atoms with Crippen LogP contribution >= 0.6 is 0 Å². The first-order valence-electron chi connectivity index (χ1n) is 5.14. The van der Waals surface area contributed by atoms with Gasteiger partial charge in [0.25, 0.3) is 0 Å². The normalized spacial score (nSPS) is 11.1. The zero-order valence-corrected chi connectivity index (χ0v) is 9.36. The first kappa shape index (κ1) is 10.5. The Morgan fingerprint density at radius 1 is 1.25 bits per heavy atom. The number of aliphatic imine (C=N–C) groups is 1. The SMILES string of the molecule is Cc1cc(O)cc(C)c1N=Cc1ccc[nH]1. The number of rotatable bonds is 2. The lowest BCUT2D eigenvalue weighted by molar-refractivity contribution is 0.474. The number of phenolic OH excluding ortho intramolecular Hbond substituents is 1. The summed E-state index contributed by atoms with van der Waals surface area (Å²) >= 11 is 0. The Labute approximate surface area is 94.5 Å². The third-order valence-corrected chi connectivity index (χ3v) is 2.43. The van der Waals surface area contributed by atoms with Crippen molar-refractivity contribution in [2.75, 3.05) is 0 Å². The molecule has 0 saturated heterocycles. The van der Waals surface area contributed by atoms with Gasteiger partial charge in [0.1, 0.15) is 5.75 Å². The first-order chi connectivity index (χ1) is 7.66. The number of hydrogen-bond donors (Lipinski definition) is 2. The van der Waals surface area contributed by atoms with Crippen molar-refractivity contribution < 1.29 is 5.11 Å². The average Bonchev–Trinajstić information content (AvgIpc) is 2.68. The van der Waals surface area contributed by atoms with Crippen molar-refractivity contribution in [3.05, 3.63) is 47.3 Å². The van der Waals surface area contributed by atoms with Gasteiger partial charge < -0.3 is 10.1 Å². The van der Waals surface area contributed by atoms with Gasteiger partial charge in [0.15, 0.2) is 0 Å². The van der Waals surface area contributed by atoms with E-state index < -0.39 is 0 Å². The summed E-state index contributed by atoms with van der Waals surface area (Å²) in [7, 11) is 0. The van der Waals surface area contributed by atoms with Gasteiger partial charge in [-0.25, -0.2) is 0 Å². The maximum atomic E-state index is 9.41. The molecule has 3 heteroatoms. The highest BCUT2D eigenvalue weighted by Gasteiger charge is 2.02. The third kappa shape index (κ3) is 2.14. The minimum absolute atomic E-state index is 0.286. The molecule has 2 rings (SSSR count). The van der Waals surface area contributed by atoms with Crippen LogP contribution in [0.3, 0.4) is 0 Å². The minimum atomic E-state index is 0.286. The van der Waals surface area contributed by atoms with E-state index in [0.717, 1.165) is 22.5 Å². The van der Waals surface area contributed by atoms with E-state index in [1.807, 2.05) is 32.2 Å². The third-order valence-electron chi connectivity index (χ3n) is 2.43. The molecule has 82 valence electrons. The van der Waals surface area contributed by atoms with Gasteiger partial charge in [-0.05, 0) is 49.2 Å². The second-order valence-corrected chi connectivity index (χ2v) is 3.81. The quantitative estimate of drug-likeness (QED) is 0.741. The van der Waals surface area contributed by atoms with E-state index in [-0.39, 0.29) is 5.75 Å². The Morgan fingerprint density at radius 3 is 2.50 bits per heavy atom. The fourth-order valence-corrected chi connectivity index (χ4v) is 1.70. The molecule has 1 aromatic carbocycles. The van der Waals surface area contributed by atoms with Gasteiger partial charge in [-0.2, -0.15) is 0 Å². The van der Waals surface area contributed by atoms with Gasteiger partial charge in [0, 0.05) is 6.20 Å². The molecule has 0 aliphatic rings. The van der Waals surface area contributed by atoms with Crippen LogP contribution in [0.1, 0.15) is 16.8 Å². The molecule has 0 aliphatic carbocycles. The molecular formula is C13H14N2O. The van der Waals surface area contributed by atoms with Crippen molar-refractivity contribution in [2.45, 2.75) is 13.8 Å². The van der Waals surface area contributed by atoms with Crippen LogP contribution in [0.25, 0.3) is 0 Å². The smallest absolute Gasteiger partial charge is 0.116 e. The van der Waals surface area contributed by atoms with Crippen LogP contribution in [0.15, 0.2) is 35.5 Å². The number of nitrogens with zero attached hydrogens (tertiary/aromatic N) is 1. The summed E-state index contributed by atoms with van der Waals surface area (Å²) < 4.78 is 0. The molecule has 0 spiro atoms. The van der Waals surface area contributed by atoms with Gasteiger partial charge >= 0.3 is 0 Å². The van der Waals surface area contributed by atoms with Crippen LogP contribution in [0, 0.1) is 13.8 Å². The lowest BCUT2D eigenvalue weighted by Crippen LogP contribution is -1.83. The number of nitrogens with one attached hydrogen (secondary N) is 1. The van der Waals surface area contributed by atoms with E-state index in [1.165, 1.54) is 0 Å². The molecule has 3 nitrogen and oxygen atoms in total. The molecule has 2 N–H and O–H groups in total. The van der Waals surface area contributed by atoms with E-state index in [1.54, 1.807) is 18.3 Å². The van der Waals surface area contributed by atoms with Gasteiger partial charge in [0.2, 0.25) is 0 Å². The second-order valence-electron chi connectivity index (χ2n) is 3.81. The molecule has 0 aliphatic heterocycles. The summed E-state index contributed by atoms with van der Waals surface area (Å²) in [6, 6.07) is 7.31. The number of phenols is 1. The second kappa shape index (κ2) is 4.23. The maximum Gasteiger partial charge on any atom is 0.116 e. The standard InChI is InChI=1S/C13H14N2O/c1-9-6-12(16)7-10(2)13(9)15-8-11-4-3-5-14-11/h3-8,14,16H,1-2H3. The predicted octanol–water partition coefficient (Wildman–Crippen LogP) is 3.09. The molecule has 2 aromatic rings. The highest BCUT2D eigenvalue weighted by atomic mass is 16.3. The van der Waals surface area contributed by atoms with Crippen LogP contribution < -0.4 is 0 Å². The highest BCUT2D eigenvalue weighted by Crippen LogP contribution is 2.27. The average molecular weight is 214 g/mol. The molecule has 1 aromatic heterocycles. The zero-order valence-electron chi connectivity index (χ0n) is 9.36. The summed E-state index contributed by atoms with van der Waals surface area (Å²) in [6.07, 6.45) is 3.64. The Kier molecular flexibility index (Phi) is 2.77. The monoisotopic (exact) mass is 214 g/mol. The van der Waals surface area contributed by atoms with Crippen LogP contribution in [-0.2, 0) is 0 Å². The van der Waals surface area contributed by atoms with Crippen molar-refractivity contribution in [3.63, 3.8) is 0 Å². The van der Waals surface area contributed by atoms with E-state index >= 15 is 0 Å². The number of aromatic amines is 1. The Bertz CT molecular complexity index is 490. The van der Waals surface area contributed by atoms with Gasteiger partial charge in [-0.15, -0.1) is 0 Å². The lowest BCUT2D eigenvalue weighted by Gasteiger charge is -2.05. The van der Waals surface area contributed by atoms with Crippen molar-refractivity contribution >= 4 is 11.9 Å². The van der Waals surface area contributed by atoms with Gasteiger partial charge in [0.05, 0.1) is 17.6 Å². The summed E-state index contributed by atoms with van der Waals surface area (Å²) in [4.78, 5) is 7.48. The highest BCUT2D eigenvalue weighted by molar-refractivity contribution is 5.80. The molecule has 0 unspecified atom stereocenters. The molecule has 0 bridgehead atoms. The van der Waals surface area contributed by atoms with Gasteiger partial charge in [-0.1, -0.05) is 0 Å². The predicted molar refractivity (Wildman–Crippen MR) is 65.6 cm³/mol. The summed E-state index contributed by atoms with van der Waals surface area (Å²) in [5.41, 5.74) is 3.82. The van der Waals surface area contributed by atoms with E-state index in [0.29, 0.717) is 0 Å². The molecule has 0 radical (unpaired) electrons.